The summed E-state index contributed by atoms with van der Waals surface area (Å²) in [4.78, 5) is 32.6. The summed E-state index contributed by atoms with van der Waals surface area (Å²) in [7, 11) is 1.59. The molecule has 2 amide bonds. The monoisotopic (exact) mass is 524 g/mol. The van der Waals surface area contributed by atoms with Gasteiger partial charge in [0.25, 0.3) is 5.91 Å². The zero-order valence-corrected chi connectivity index (χ0v) is 22.6. The molecule has 2 aliphatic heterocycles. The molecule has 0 spiro atoms. The average Bonchev–Trinajstić information content (AvgIpc) is 3.13. The van der Waals surface area contributed by atoms with E-state index < -0.39 is 6.04 Å². The molecule has 0 aromatic heterocycles. The average molecular weight is 525 g/mol. The third-order valence-electron chi connectivity index (χ3n) is 7.01. The van der Waals surface area contributed by atoms with Gasteiger partial charge >= 0.3 is 0 Å². The quantitative estimate of drug-likeness (QED) is 0.468. The van der Waals surface area contributed by atoms with Crippen molar-refractivity contribution in [1.82, 2.24) is 9.80 Å². The van der Waals surface area contributed by atoms with Gasteiger partial charge in [0.15, 0.2) is 5.11 Å². The number of piperidine rings is 1. The number of carbonyl (C=O) groups is 2. The second kappa shape index (κ2) is 12.4. The molecule has 2 saturated heterocycles. The van der Waals surface area contributed by atoms with Crippen LogP contribution in [0.4, 0.5) is 11.4 Å². The van der Waals surface area contributed by atoms with E-state index in [4.69, 9.17) is 21.7 Å². The van der Waals surface area contributed by atoms with Crippen molar-refractivity contribution >= 4 is 40.5 Å². The fraction of sp³-hybridized carbons (Fsp3) is 0.464. The summed E-state index contributed by atoms with van der Waals surface area (Å²) in [6.45, 7) is 8.25. The minimum absolute atomic E-state index is 0.00949. The zero-order valence-electron chi connectivity index (χ0n) is 21.8. The van der Waals surface area contributed by atoms with Gasteiger partial charge in [-0.2, -0.15) is 0 Å². The minimum atomic E-state index is -0.666. The predicted octanol–water partition coefficient (Wildman–Crippen LogP) is 4.16. The molecule has 4 rings (SSSR count). The van der Waals surface area contributed by atoms with E-state index in [2.05, 4.69) is 17.1 Å². The summed E-state index contributed by atoms with van der Waals surface area (Å²) < 4.78 is 10.7. The number of hydrogen-bond donors (Lipinski definition) is 1. The first-order valence-corrected chi connectivity index (χ1v) is 13.3. The van der Waals surface area contributed by atoms with E-state index >= 15 is 0 Å². The van der Waals surface area contributed by atoms with Crippen molar-refractivity contribution in [3.8, 4) is 11.5 Å². The Bertz CT molecular complexity index is 1080. The molecular formula is C28H36N4O4S. The highest BCUT2D eigenvalue weighted by atomic mass is 32.1. The van der Waals surface area contributed by atoms with Crippen LogP contribution in [0.2, 0.25) is 0 Å². The lowest BCUT2D eigenvalue weighted by Crippen LogP contribution is -2.44. The summed E-state index contributed by atoms with van der Waals surface area (Å²) in [5.74, 6) is 1.76. The van der Waals surface area contributed by atoms with Crippen LogP contribution in [0.5, 0.6) is 11.5 Å². The lowest BCUT2D eigenvalue weighted by atomic mass is 9.99. The van der Waals surface area contributed by atoms with Gasteiger partial charge in [-0.25, -0.2) is 0 Å². The number of amides is 2. The summed E-state index contributed by atoms with van der Waals surface area (Å²) in [5, 5.41) is 3.33. The van der Waals surface area contributed by atoms with Crippen molar-refractivity contribution < 1.29 is 19.1 Å². The number of ether oxygens (including phenoxy) is 2. The van der Waals surface area contributed by atoms with Gasteiger partial charge < -0.3 is 24.6 Å². The standard InChI is InChI=1S/C28H36N4O4S/c1-4-36-24-11-7-22(8-12-24)32-27(34)25(19-26(33)29-21-5-9-23(35-3)10-6-21)31(28(32)37)18-17-30-15-13-20(2)14-16-30/h5-12,20,25H,4,13-19H2,1-3H3,(H,29,33). The number of nitrogens with one attached hydrogen (secondary N) is 1. The van der Waals surface area contributed by atoms with E-state index in [9.17, 15) is 9.59 Å². The van der Waals surface area contributed by atoms with Crippen LogP contribution in [0.15, 0.2) is 48.5 Å². The molecule has 0 saturated carbocycles. The normalized spacial score (nSPS) is 18.8. The first-order valence-electron chi connectivity index (χ1n) is 12.9. The maximum absolute atomic E-state index is 13.7. The summed E-state index contributed by atoms with van der Waals surface area (Å²) >= 11 is 5.81. The van der Waals surface area contributed by atoms with Crippen molar-refractivity contribution in [3.63, 3.8) is 0 Å². The molecule has 0 radical (unpaired) electrons. The van der Waals surface area contributed by atoms with E-state index in [0.717, 1.165) is 31.3 Å². The van der Waals surface area contributed by atoms with E-state index in [1.165, 1.54) is 12.8 Å². The van der Waals surface area contributed by atoms with Gasteiger partial charge in [-0.15, -0.1) is 0 Å². The van der Waals surface area contributed by atoms with Gasteiger partial charge in [-0.3, -0.25) is 14.5 Å². The molecule has 2 aliphatic rings. The van der Waals surface area contributed by atoms with E-state index in [1.54, 1.807) is 36.3 Å². The van der Waals surface area contributed by atoms with Crippen molar-refractivity contribution in [3.05, 3.63) is 48.5 Å². The molecule has 37 heavy (non-hydrogen) atoms. The molecule has 1 atom stereocenters. The minimum Gasteiger partial charge on any atom is -0.497 e. The highest BCUT2D eigenvalue weighted by molar-refractivity contribution is 7.80. The molecule has 2 fully saturated rings. The number of carbonyl (C=O) groups excluding carboxylic acids is 2. The Morgan fingerprint density at radius 2 is 1.68 bits per heavy atom. The molecule has 1 N–H and O–H groups in total. The maximum atomic E-state index is 13.7. The van der Waals surface area contributed by atoms with E-state index in [0.29, 0.717) is 35.4 Å². The number of methoxy groups -OCH3 is 1. The van der Waals surface area contributed by atoms with Crippen molar-refractivity contribution in [2.45, 2.75) is 39.2 Å². The van der Waals surface area contributed by atoms with Gasteiger partial charge in [0.2, 0.25) is 5.91 Å². The first-order chi connectivity index (χ1) is 17.9. The predicted molar refractivity (Wildman–Crippen MR) is 149 cm³/mol. The van der Waals surface area contributed by atoms with Crippen LogP contribution in [-0.2, 0) is 9.59 Å². The Hall–Kier alpha value is -3.17. The number of rotatable bonds is 10. The smallest absolute Gasteiger partial charge is 0.256 e. The molecule has 2 heterocycles. The van der Waals surface area contributed by atoms with Crippen LogP contribution in [0.3, 0.4) is 0 Å². The number of thiocarbonyl (C=S) groups is 1. The Balaban J connectivity index is 1.49. The molecule has 198 valence electrons. The molecule has 2 aromatic carbocycles. The number of nitrogens with zero attached hydrogens (tertiary/aromatic N) is 3. The molecule has 1 unspecified atom stereocenters. The summed E-state index contributed by atoms with van der Waals surface area (Å²) in [5.41, 5.74) is 1.32. The van der Waals surface area contributed by atoms with Gasteiger partial charge in [0, 0.05) is 18.8 Å². The van der Waals surface area contributed by atoms with Gasteiger partial charge in [0.1, 0.15) is 17.5 Å². The zero-order chi connectivity index (χ0) is 26.4. The lowest BCUT2D eigenvalue weighted by Gasteiger charge is -2.32. The Morgan fingerprint density at radius 3 is 2.30 bits per heavy atom. The maximum Gasteiger partial charge on any atom is 0.256 e. The van der Waals surface area contributed by atoms with E-state index in [-0.39, 0.29) is 18.2 Å². The van der Waals surface area contributed by atoms with Crippen LogP contribution >= 0.6 is 12.2 Å². The van der Waals surface area contributed by atoms with Crippen LogP contribution in [0, 0.1) is 5.92 Å². The van der Waals surface area contributed by atoms with Crippen LogP contribution in [0.25, 0.3) is 0 Å². The summed E-state index contributed by atoms with van der Waals surface area (Å²) in [6, 6.07) is 13.8. The third-order valence-corrected chi connectivity index (χ3v) is 7.43. The molecule has 0 aliphatic carbocycles. The van der Waals surface area contributed by atoms with Crippen LogP contribution < -0.4 is 19.7 Å². The van der Waals surface area contributed by atoms with Crippen molar-refractivity contribution in [1.29, 1.82) is 0 Å². The third kappa shape index (κ3) is 6.59. The van der Waals surface area contributed by atoms with Gasteiger partial charge in [-0.05, 0) is 99.5 Å². The SMILES string of the molecule is CCOc1ccc(N2C(=O)C(CC(=O)Nc3ccc(OC)cc3)N(CCN3CCC(C)CC3)C2=S)cc1. The van der Waals surface area contributed by atoms with Crippen molar-refractivity contribution in [2.75, 3.05) is 50.1 Å². The highest BCUT2D eigenvalue weighted by Gasteiger charge is 2.44. The van der Waals surface area contributed by atoms with E-state index in [1.807, 2.05) is 36.1 Å². The Labute approximate surface area is 224 Å². The summed E-state index contributed by atoms with van der Waals surface area (Å²) in [6.07, 6.45) is 2.36. The lowest BCUT2D eigenvalue weighted by molar-refractivity contribution is -0.124. The van der Waals surface area contributed by atoms with Crippen LogP contribution in [0.1, 0.15) is 33.1 Å². The van der Waals surface area contributed by atoms with Gasteiger partial charge in [-0.1, -0.05) is 6.92 Å². The largest absolute Gasteiger partial charge is 0.497 e. The van der Waals surface area contributed by atoms with Gasteiger partial charge in [0.05, 0.1) is 25.8 Å². The second-order valence-corrected chi connectivity index (χ2v) is 9.96. The van der Waals surface area contributed by atoms with Crippen molar-refractivity contribution in [2.24, 2.45) is 5.92 Å². The highest BCUT2D eigenvalue weighted by Crippen LogP contribution is 2.29. The molecule has 8 nitrogen and oxygen atoms in total. The number of likely N-dealkylation sites (tertiary alicyclic amines) is 1. The topological polar surface area (TPSA) is 74.3 Å². The number of hydrogen-bond acceptors (Lipinski definition) is 6. The Kier molecular flexibility index (Phi) is 9.00. The second-order valence-electron chi connectivity index (χ2n) is 9.60. The molecular weight excluding hydrogens is 488 g/mol. The number of anilines is 2. The fourth-order valence-electron chi connectivity index (χ4n) is 4.78. The number of benzene rings is 2. The first kappa shape index (κ1) is 26.9. The molecule has 9 heteroatoms. The molecule has 0 bridgehead atoms. The van der Waals surface area contributed by atoms with Crippen LogP contribution in [-0.4, -0.2) is 72.7 Å². The fourth-order valence-corrected chi connectivity index (χ4v) is 5.19. The molecule has 2 aromatic rings. The Morgan fingerprint density at radius 1 is 1.03 bits per heavy atom.